The van der Waals surface area contributed by atoms with Crippen molar-refractivity contribution in [2.45, 2.75) is 52.7 Å². The molecule has 0 aromatic carbocycles. The van der Waals surface area contributed by atoms with Crippen LogP contribution in [0.15, 0.2) is 15.9 Å². The molecule has 4 heteroatoms. The normalized spacial score (nSPS) is 25.7. The highest BCUT2D eigenvalue weighted by molar-refractivity contribution is 9.11. The van der Waals surface area contributed by atoms with Crippen molar-refractivity contribution in [3.63, 3.8) is 0 Å². The molecule has 108 valence electrons. The first-order valence-corrected chi connectivity index (χ1v) is 8.72. The second kappa shape index (κ2) is 6.25. The molecule has 1 aromatic rings. The largest absolute Gasteiger partial charge is 0.311 e. The molecule has 1 aliphatic heterocycles. The van der Waals surface area contributed by atoms with Crippen molar-refractivity contribution in [2.24, 2.45) is 5.41 Å². The van der Waals surface area contributed by atoms with Crippen molar-refractivity contribution >= 4 is 27.3 Å². The van der Waals surface area contributed by atoms with Crippen LogP contribution in [-0.4, -0.2) is 30.1 Å². The topological polar surface area (TPSA) is 15.3 Å². The smallest absolute Gasteiger partial charge is 0.0701 e. The molecule has 2 nitrogen and oxygen atoms in total. The number of hydrogen-bond acceptors (Lipinski definition) is 3. The van der Waals surface area contributed by atoms with Gasteiger partial charge in [-0.3, -0.25) is 4.90 Å². The molecule has 0 radical (unpaired) electrons. The fourth-order valence-electron chi connectivity index (χ4n) is 2.67. The minimum absolute atomic E-state index is 0.326. The third-order valence-corrected chi connectivity index (χ3v) is 5.65. The first kappa shape index (κ1) is 15.5. The van der Waals surface area contributed by atoms with Crippen molar-refractivity contribution < 1.29 is 0 Å². The maximum absolute atomic E-state index is 3.73. The van der Waals surface area contributed by atoms with Crippen LogP contribution in [0.3, 0.4) is 0 Å². The van der Waals surface area contributed by atoms with E-state index in [2.05, 4.69) is 66.0 Å². The van der Waals surface area contributed by atoms with Gasteiger partial charge in [-0.25, -0.2) is 0 Å². The third-order valence-electron chi connectivity index (χ3n) is 4.04. The summed E-state index contributed by atoms with van der Waals surface area (Å²) in [6.45, 7) is 12.6. The predicted molar refractivity (Wildman–Crippen MR) is 87.8 cm³/mol. The van der Waals surface area contributed by atoms with E-state index in [0.717, 1.165) is 19.6 Å². The Balaban J connectivity index is 2.05. The lowest BCUT2D eigenvalue weighted by Crippen LogP contribution is -2.59. The van der Waals surface area contributed by atoms with Crippen LogP contribution in [0.2, 0.25) is 0 Å². The number of halogens is 1. The minimum atomic E-state index is 0.326. The molecular weight excluding hydrogens is 320 g/mol. The number of rotatable bonds is 3. The van der Waals surface area contributed by atoms with E-state index in [0.29, 0.717) is 17.5 Å². The summed E-state index contributed by atoms with van der Waals surface area (Å²) in [4.78, 5) is 4.12. The molecule has 19 heavy (non-hydrogen) atoms. The van der Waals surface area contributed by atoms with E-state index in [1.165, 1.54) is 15.1 Å². The fourth-order valence-corrected chi connectivity index (χ4v) is 4.18. The quantitative estimate of drug-likeness (QED) is 0.887. The summed E-state index contributed by atoms with van der Waals surface area (Å²) in [6.07, 6.45) is 1.22. The van der Waals surface area contributed by atoms with Gasteiger partial charge < -0.3 is 5.32 Å². The van der Waals surface area contributed by atoms with Crippen molar-refractivity contribution in [1.82, 2.24) is 10.2 Å². The Morgan fingerprint density at radius 3 is 2.68 bits per heavy atom. The zero-order chi connectivity index (χ0) is 14.0. The van der Waals surface area contributed by atoms with Crippen LogP contribution in [-0.2, 0) is 6.54 Å². The number of nitrogens with one attached hydrogen (secondary N) is 1. The maximum atomic E-state index is 3.73. The molecule has 0 spiro atoms. The van der Waals surface area contributed by atoms with Gasteiger partial charge in [-0.15, -0.1) is 11.3 Å². The molecule has 0 amide bonds. The summed E-state index contributed by atoms with van der Waals surface area (Å²) in [7, 11) is 0. The lowest BCUT2D eigenvalue weighted by molar-refractivity contribution is 0.0783. The van der Waals surface area contributed by atoms with Gasteiger partial charge in [0.25, 0.3) is 0 Å². The highest BCUT2D eigenvalue weighted by atomic mass is 79.9. The Hall–Kier alpha value is 0.1000. The number of thiophene rings is 1. The van der Waals surface area contributed by atoms with Crippen molar-refractivity contribution in [2.75, 3.05) is 13.1 Å². The van der Waals surface area contributed by atoms with Gasteiger partial charge in [0, 0.05) is 36.6 Å². The number of nitrogens with zero attached hydrogens (tertiary/aromatic N) is 1. The Bertz CT molecular complexity index is 411. The van der Waals surface area contributed by atoms with Crippen molar-refractivity contribution in [1.29, 1.82) is 0 Å². The van der Waals surface area contributed by atoms with Gasteiger partial charge in [0.05, 0.1) is 3.79 Å². The number of hydrogen-bond donors (Lipinski definition) is 1. The first-order chi connectivity index (χ1) is 8.90. The fraction of sp³-hybridized carbons (Fsp3) is 0.733. The number of piperazine rings is 1. The standard InChI is InChI=1S/C15H25BrN2S/c1-5-11-8-17-13(15(2,3)4)10-18(11)9-12-6-7-14(16)19-12/h6-7,11,13,17H,5,8-10H2,1-4H3. The molecule has 1 N–H and O–H groups in total. The lowest BCUT2D eigenvalue weighted by Gasteiger charge is -2.44. The van der Waals surface area contributed by atoms with Gasteiger partial charge in [0.15, 0.2) is 0 Å². The van der Waals surface area contributed by atoms with Crippen LogP contribution in [0.5, 0.6) is 0 Å². The molecule has 2 unspecified atom stereocenters. The van der Waals surface area contributed by atoms with Crippen LogP contribution >= 0.6 is 27.3 Å². The van der Waals surface area contributed by atoms with Crippen LogP contribution in [0.1, 0.15) is 39.0 Å². The Morgan fingerprint density at radius 2 is 2.16 bits per heavy atom. The first-order valence-electron chi connectivity index (χ1n) is 7.11. The highest BCUT2D eigenvalue weighted by Gasteiger charge is 2.33. The molecule has 1 fully saturated rings. The summed E-state index contributed by atoms with van der Waals surface area (Å²) in [5.41, 5.74) is 0.326. The summed E-state index contributed by atoms with van der Waals surface area (Å²) in [5, 5.41) is 3.73. The molecule has 0 saturated carbocycles. The lowest BCUT2D eigenvalue weighted by atomic mass is 9.84. The molecule has 1 aromatic heterocycles. The average molecular weight is 345 g/mol. The SMILES string of the molecule is CCC1CNC(C(C)(C)C)CN1Cc1ccc(Br)s1. The molecule has 1 aliphatic rings. The molecule has 0 aliphatic carbocycles. The van der Waals surface area contributed by atoms with Crippen LogP contribution in [0.25, 0.3) is 0 Å². The molecular formula is C15H25BrN2S. The molecule has 2 heterocycles. The minimum Gasteiger partial charge on any atom is -0.311 e. The maximum Gasteiger partial charge on any atom is 0.0701 e. The van der Waals surface area contributed by atoms with Gasteiger partial charge in [-0.05, 0) is 39.9 Å². The summed E-state index contributed by atoms with van der Waals surface area (Å²) >= 11 is 5.42. The summed E-state index contributed by atoms with van der Waals surface area (Å²) in [5.74, 6) is 0. The molecule has 1 saturated heterocycles. The zero-order valence-electron chi connectivity index (χ0n) is 12.4. The van der Waals surface area contributed by atoms with Gasteiger partial charge in [0.1, 0.15) is 0 Å². The van der Waals surface area contributed by atoms with Gasteiger partial charge in [-0.1, -0.05) is 27.7 Å². The van der Waals surface area contributed by atoms with Gasteiger partial charge in [0.2, 0.25) is 0 Å². The van der Waals surface area contributed by atoms with E-state index < -0.39 is 0 Å². The van der Waals surface area contributed by atoms with Crippen LogP contribution in [0, 0.1) is 5.41 Å². The average Bonchev–Trinajstić information content (AvgIpc) is 2.73. The summed E-state index contributed by atoms with van der Waals surface area (Å²) in [6, 6.07) is 5.65. The van der Waals surface area contributed by atoms with Crippen molar-refractivity contribution in [3.8, 4) is 0 Å². The van der Waals surface area contributed by atoms with E-state index >= 15 is 0 Å². The van der Waals surface area contributed by atoms with Gasteiger partial charge in [-0.2, -0.15) is 0 Å². The Labute approximate surface area is 129 Å². The molecule has 2 rings (SSSR count). The molecule has 2 atom stereocenters. The molecule has 0 bridgehead atoms. The van der Waals surface area contributed by atoms with E-state index in [1.807, 2.05) is 11.3 Å². The predicted octanol–water partition coefficient (Wildman–Crippen LogP) is 4.11. The van der Waals surface area contributed by atoms with Gasteiger partial charge >= 0.3 is 0 Å². The zero-order valence-corrected chi connectivity index (χ0v) is 14.8. The second-order valence-corrected chi connectivity index (χ2v) is 9.07. The Kier molecular flexibility index (Phi) is 5.09. The van der Waals surface area contributed by atoms with E-state index in [4.69, 9.17) is 0 Å². The highest BCUT2D eigenvalue weighted by Crippen LogP contribution is 2.28. The third kappa shape index (κ3) is 4.03. The monoisotopic (exact) mass is 344 g/mol. The van der Waals surface area contributed by atoms with E-state index in [9.17, 15) is 0 Å². The second-order valence-electron chi connectivity index (χ2n) is 6.52. The van der Waals surface area contributed by atoms with Crippen LogP contribution in [0.4, 0.5) is 0 Å². The van der Waals surface area contributed by atoms with E-state index in [-0.39, 0.29) is 0 Å². The van der Waals surface area contributed by atoms with Crippen LogP contribution < -0.4 is 5.32 Å². The van der Waals surface area contributed by atoms with Crippen molar-refractivity contribution in [3.05, 3.63) is 20.8 Å². The Morgan fingerprint density at radius 1 is 1.42 bits per heavy atom. The summed E-state index contributed by atoms with van der Waals surface area (Å²) < 4.78 is 1.23. The van der Waals surface area contributed by atoms with E-state index in [1.54, 1.807) is 0 Å².